The van der Waals surface area contributed by atoms with Crippen LogP contribution in [0, 0.1) is 13.8 Å². The SMILES string of the molecule is CCOc1ccc(Br)cc1S(=O)(=O)Nc1ccc(C)c(C)c1. The van der Waals surface area contributed by atoms with Gasteiger partial charge in [0.1, 0.15) is 10.6 Å². The number of benzene rings is 2. The maximum Gasteiger partial charge on any atom is 0.265 e. The molecule has 0 bridgehead atoms. The summed E-state index contributed by atoms with van der Waals surface area (Å²) in [5.41, 5.74) is 2.67. The fourth-order valence-electron chi connectivity index (χ4n) is 1.98. The van der Waals surface area contributed by atoms with E-state index in [0.717, 1.165) is 11.1 Å². The summed E-state index contributed by atoms with van der Waals surface area (Å²) in [6, 6.07) is 10.4. The van der Waals surface area contributed by atoms with Crippen LogP contribution in [0.5, 0.6) is 5.75 Å². The number of rotatable bonds is 5. The highest BCUT2D eigenvalue weighted by Gasteiger charge is 2.20. The van der Waals surface area contributed by atoms with E-state index in [2.05, 4.69) is 20.7 Å². The highest BCUT2D eigenvalue weighted by atomic mass is 79.9. The molecule has 0 radical (unpaired) electrons. The average molecular weight is 384 g/mol. The van der Waals surface area contributed by atoms with E-state index in [1.165, 1.54) is 6.07 Å². The first-order valence-corrected chi connectivity index (χ1v) is 9.13. The van der Waals surface area contributed by atoms with Crippen molar-refractivity contribution in [3.05, 3.63) is 52.0 Å². The Bertz CT molecular complexity index is 788. The van der Waals surface area contributed by atoms with Crippen molar-refractivity contribution in [2.24, 2.45) is 0 Å². The Labute approximate surface area is 139 Å². The van der Waals surface area contributed by atoms with E-state index in [9.17, 15) is 8.42 Å². The second-order valence-electron chi connectivity index (χ2n) is 4.93. The van der Waals surface area contributed by atoms with Crippen LogP contribution in [0.3, 0.4) is 0 Å². The Morgan fingerprint density at radius 2 is 1.82 bits per heavy atom. The molecule has 0 aromatic heterocycles. The summed E-state index contributed by atoms with van der Waals surface area (Å²) >= 11 is 3.30. The van der Waals surface area contributed by atoms with Gasteiger partial charge in [0.15, 0.2) is 0 Å². The highest BCUT2D eigenvalue weighted by molar-refractivity contribution is 9.10. The molecule has 4 nitrogen and oxygen atoms in total. The third-order valence-electron chi connectivity index (χ3n) is 3.25. The number of hydrogen-bond acceptors (Lipinski definition) is 3. The van der Waals surface area contributed by atoms with E-state index in [0.29, 0.717) is 22.5 Å². The number of nitrogens with one attached hydrogen (secondary N) is 1. The first-order valence-electron chi connectivity index (χ1n) is 6.86. The van der Waals surface area contributed by atoms with Gasteiger partial charge in [-0.3, -0.25) is 4.72 Å². The molecule has 2 aromatic carbocycles. The second-order valence-corrected chi connectivity index (χ2v) is 7.50. The number of anilines is 1. The van der Waals surface area contributed by atoms with Crippen LogP contribution in [-0.4, -0.2) is 15.0 Å². The molecule has 0 unspecified atom stereocenters. The average Bonchev–Trinajstić information content (AvgIpc) is 2.45. The molecule has 0 fully saturated rings. The van der Waals surface area contributed by atoms with Crippen LogP contribution in [0.2, 0.25) is 0 Å². The Hall–Kier alpha value is -1.53. The largest absolute Gasteiger partial charge is 0.492 e. The van der Waals surface area contributed by atoms with Gasteiger partial charge in [-0.15, -0.1) is 0 Å². The number of hydrogen-bond donors (Lipinski definition) is 1. The summed E-state index contributed by atoms with van der Waals surface area (Å²) in [4.78, 5) is 0.113. The number of halogens is 1. The van der Waals surface area contributed by atoms with Gasteiger partial charge in [0.2, 0.25) is 0 Å². The fraction of sp³-hybridized carbons (Fsp3) is 0.250. The molecular formula is C16H18BrNO3S. The van der Waals surface area contributed by atoms with Gasteiger partial charge in [0, 0.05) is 10.2 Å². The Balaban J connectivity index is 2.41. The van der Waals surface area contributed by atoms with Gasteiger partial charge in [-0.25, -0.2) is 8.42 Å². The maximum absolute atomic E-state index is 12.6. The molecule has 1 N–H and O–H groups in total. The predicted octanol–water partition coefficient (Wildman–Crippen LogP) is 4.27. The van der Waals surface area contributed by atoms with E-state index in [1.807, 2.05) is 32.9 Å². The summed E-state index contributed by atoms with van der Waals surface area (Å²) < 4.78 is 34.0. The van der Waals surface area contributed by atoms with Crippen molar-refractivity contribution in [1.82, 2.24) is 0 Å². The Morgan fingerprint density at radius 1 is 1.09 bits per heavy atom. The fourth-order valence-corrected chi connectivity index (χ4v) is 3.72. The van der Waals surface area contributed by atoms with Gasteiger partial charge in [0.05, 0.1) is 6.61 Å². The zero-order valence-corrected chi connectivity index (χ0v) is 15.1. The van der Waals surface area contributed by atoms with Crippen LogP contribution in [0.1, 0.15) is 18.1 Å². The van der Waals surface area contributed by atoms with Gasteiger partial charge in [0.25, 0.3) is 10.0 Å². The van der Waals surface area contributed by atoms with Gasteiger partial charge >= 0.3 is 0 Å². The number of aryl methyl sites for hydroxylation is 2. The van der Waals surface area contributed by atoms with Crippen LogP contribution in [0.25, 0.3) is 0 Å². The molecule has 0 heterocycles. The van der Waals surface area contributed by atoms with E-state index in [-0.39, 0.29) is 4.90 Å². The predicted molar refractivity (Wildman–Crippen MR) is 92.0 cm³/mol. The Morgan fingerprint density at radius 3 is 2.45 bits per heavy atom. The topological polar surface area (TPSA) is 55.4 Å². The molecule has 2 aromatic rings. The molecule has 0 spiro atoms. The minimum absolute atomic E-state index is 0.113. The molecule has 0 aliphatic rings. The summed E-state index contributed by atoms with van der Waals surface area (Å²) in [7, 11) is -3.72. The van der Waals surface area contributed by atoms with Crippen molar-refractivity contribution in [3.8, 4) is 5.75 Å². The van der Waals surface area contributed by atoms with E-state index in [4.69, 9.17) is 4.74 Å². The van der Waals surface area contributed by atoms with Crippen molar-refractivity contribution < 1.29 is 13.2 Å². The van der Waals surface area contributed by atoms with Crippen molar-refractivity contribution in [3.63, 3.8) is 0 Å². The van der Waals surface area contributed by atoms with E-state index in [1.54, 1.807) is 18.2 Å². The molecule has 0 aliphatic carbocycles. The Kier molecular flexibility index (Phi) is 5.13. The lowest BCUT2D eigenvalue weighted by atomic mass is 10.1. The van der Waals surface area contributed by atoms with Crippen molar-refractivity contribution in [2.45, 2.75) is 25.7 Å². The maximum atomic E-state index is 12.6. The van der Waals surface area contributed by atoms with Crippen LogP contribution in [0.4, 0.5) is 5.69 Å². The van der Waals surface area contributed by atoms with Crippen molar-refractivity contribution in [1.29, 1.82) is 0 Å². The van der Waals surface area contributed by atoms with Crippen molar-refractivity contribution >= 4 is 31.6 Å². The van der Waals surface area contributed by atoms with Gasteiger partial charge in [-0.2, -0.15) is 0 Å². The normalized spacial score (nSPS) is 11.3. The molecule has 118 valence electrons. The molecule has 0 atom stereocenters. The highest BCUT2D eigenvalue weighted by Crippen LogP contribution is 2.29. The first kappa shape index (κ1) is 16.8. The quantitative estimate of drug-likeness (QED) is 0.838. The lowest BCUT2D eigenvalue weighted by Gasteiger charge is -2.13. The monoisotopic (exact) mass is 383 g/mol. The molecule has 22 heavy (non-hydrogen) atoms. The molecule has 6 heteroatoms. The number of ether oxygens (including phenoxy) is 1. The standard InChI is InChI=1S/C16H18BrNO3S/c1-4-21-15-8-6-13(17)10-16(15)22(19,20)18-14-7-5-11(2)12(3)9-14/h5-10,18H,4H2,1-3H3. The van der Waals surface area contributed by atoms with Crippen LogP contribution < -0.4 is 9.46 Å². The lowest BCUT2D eigenvalue weighted by Crippen LogP contribution is -2.14. The number of sulfonamides is 1. The summed E-state index contributed by atoms with van der Waals surface area (Å²) in [5.74, 6) is 0.335. The van der Waals surface area contributed by atoms with E-state index >= 15 is 0 Å². The van der Waals surface area contributed by atoms with Crippen LogP contribution in [0.15, 0.2) is 45.8 Å². The first-order chi connectivity index (χ1) is 10.3. The molecule has 0 saturated heterocycles. The minimum Gasteiger partial charge on any atom is -0.492 e. The van der Waals surface area contributed by atoms with Gasteiger partial charge in [-0.1, -0.05) is 22.0 Å². The third-order valence-corrected chi connectivity index (χ3v) is 5.15. The molecular weight excluding hydrogens is 366 g/mol. The van der Waals surface area contributed by atoms with Crippen LogP contribution in [-0.2, 0) is 10.0 Å². The van der Waals surface area contributed by atoms with E-state index < -0.39 is 10.0 Å². The van der Waals surface area contributed by atoms with Crippen molar-refractivity contribution in [2.75, 3.05) is 11.3 Å². The van der Waals surface area contributed by atoms with Gasteiger partial charge in [-0.05, 0) is 62.2 Å². The van der Waals surface area contributed by atoms with Gasteiger partial charge < -0.3 is 4.74 Å². The molecule has 2 rings (SSSR count). The summed E-state index contributed by atoms with van der Waals surface area (Å²) in [5, 5.41) is 0. The summed E-state index contributed by atoms with van der Waals surface area (Å²) in [6.07, 6.45) is 0. The third kappa shape index (κ3) is 3.81. The molecule has 0 amide bonds. The van der Waals surface area contributed by atoms with Crippen LogP contribution >= 0.6 is 15.9 Å². The zero-order chi connectivity index (χ0) is 16.3. The zero-order valence-electron chi connectivity index (χ0n) is 12.7. The molecule has 0 saturated carbocycles. The second kappa shape index (κ2) is 6.71. The smallest absolute Gasteiger partial charge is 0.265 e. The summed E-state index contributed by atoms with van der Waals surface area (Å²) in [6.45, 7) is 6.13. The lowest BCUT2D eigenvalue weighted by molar-refractivity contribution is 0.331. The molecule has 0 aliphatic heterocycles. The minimum atomic E-state index is -3.72.